The van der Waals surface area contributed by atoms with E-state index in [1.807, 2.05) is 25.2 Å². The van der Waals surface area contributed by atoms with Crippen molar-refractivity contribution < 1.29 is 4.79 Å². The predicted molar refractivity (Wildman–Crippen MR) is 66.3 cm³/mol. The highest BCUT2D eigenvalue weighted by Crippen LogP contribution is 2.16. The number of hydrogen-bond acceptors (Lipinski definition) is 3. The van der Waals surface area contributed by atoms with Gasteiger partial charge in [-0.3, -0.25) is 9.78 Å². The van der Waals surface area contributed by atoms with Crippen LogP contribution in [0, 0.1) is 5.92 Å². The Bertz CT molecular complexity index is 380. The molecule has 0 aromatic carbocycles. The molecule has 2 unspecified atom stereocenters. The zero-order chi connectivity index (χ0) is 12.3. The van der Waals surface area contributed by atoms with Crippen molar-refractivity contribution >= 4 is 5.91 Å². The molecule has 2 atom stereocenters. The third-order valence-electron chi connectivity index (χ3n) is 3.30. The fourth-order valence-electron chi connectivity index (χ4n) is 2.22. The third kappa shape index (κ3) is 2.82. The second-order valence-electron chi connectivity index (χ2n) is 4.71. The van der Waals surface area contributed by atoms with Crippen LogP contribution in [0.15, 0.2) is 24.4 Å². The van der Waals surface area contributed by atoms with E-state index in [1.54, 1.807) is 11.1 Å². The molecule has 1 saturated heterocycles. The van der Waals surface area contributed by atoms with E-state index in [4.69, 9.17) is 0 Å². The molecule has 1 amide bonds. The summed E-state index contributed by atoms with van der Waals surface area (Å²) in [6.45, 7) is 3.64. The summed E-state index contributed by atoms with van der Waals surface area (Å²) in [6, 6.07) is 5.74. The van der Waals surface area contributed by atoms with E-state index in [0.717, 1.165) is 18.7 Å². The summed E-state index contributed by atoms with van der Waals surface area (Å²) in [7, 11) is 1.84. The normalized spacial score (nSPS) is 23.6. The maximum atomic E-state index is 12.2. The van der Waals surface area contributed by atoms with Crippen molar-refractivity contribution in [2.75, 3.05) is 13.6 Å². The molecule has 17 heavy (non-hydrogen) atoms. The van der Waals surface area contributed by atoms with Gasteiger partial charge in [-0.05, 0) is 31.0 Å². The minimum atomic E-state index is -0.0243. The van der Waals surface area contributed by atoms with Gasteiger partial charge in [0.25, 0.3) is 0 Å². The molecule has 1 fully saturated rings. The minimum Gasteiger partial charge on any atom is -0.338 e. The van der Waals surface area contributed by atoms with E-state index in [1.165, 1.54) is 0 Å². The van der Waals surface area contributed by atoms with Crippen molar-refractivity contribution in [2.24, 2.45) is 5.92 Å². The second kappa shape index (κ2) is 5.27. The Balaban J connectivity index is 1.96. The molecule has 0 bridgehead atoms. The lowest BCUT2D eigenvalue weighted by Gasteiger charge is -2.23. The van der Waals surface area contributed by atoms with Gasteiger partial charge in [0, 0.05) is 13.2 Å². The van der Waals surface area contributed by atoms with Crippen molar-refractivity contribution in [1.82, 2.24) is 15.2 Å². The Labute approximate surface area is 102 Å². The number of carbonyl (C=O) groups is 1. The van der Waals surface area contributed by atoms with Crippen LogP contribution in [0.2, 0.25) is 0 Å². The van der Waals surface area contributed by atoms with Crippen molar-refractivity contribution in [2.45, 2.75) is 25.9 Å². The molecule has 92 valence electrons. The first-order valence-electron chi connectivity index (χ1n) is 6.07. The zero-order valence-electron chi connectivity index (χ0n) is 10.4. The molecule has 1 aromatic heterocycles. The topological polar surface area (TPSA) is 45.2 Å². The average molecular weight is 233 g/mol. The molecular weight excluding hydrogens is 214 g/mol. The average Bonchev–Trinajstić information content (AvgIpc) is 2.76. The summed E-state index contributed by atoms with van der Waals surface area (Å²) in [5.41, 5.74) is 0.925. The molecular formula is C13H19N3O. The first-order valence-corrected chi connectivity index (χ1v) is 6.07. The summed E-state index contributed by atoms with van der Waals surface area (Å²) in [5.74, 6) is 0.592. The number of carbonyl (C=O) groups excluding carboxylic acids is 1. The van der Waals surface area contributed by atoms with Crippen LogP contribution >= 0.6 is 0 Å². The van der Waals surface area contributed by atoms with Crippen LogP contribution in [0.1, 0.15) is 19.0 Å². The molecule has 4 nitrogen and oxygen atoms in total. The lowest BCUT2D eigenvalue weighted by molar-refractivity contribution is -0.133. The van der Waals surface area contributed by atoms with Crippen molar-refractivity contribution in [3.8, 4) is 0 Å². The minimum absolute atomic E-state index is 0.0243. The first-order chi connectivity index (χ1) is 8.18. The Morgan fingerprint density at radius 3 is 3.00 bits per heavy atom. The molecule has 0 radical (unpaired) electrons. The van der Waals surface area contributed by atoms with Crippen LogP contribution in [0.3, 0.4) is 0 Å². The fraction of sp³-hybridized carbons (Fsp3) is 0.538. The van der Waals surface area contributed by atoms with E-state index in [0.29, 0.717) is 12.5 Å². The first kappa shape index (κ1) is 12.0. The number of pyridine rings is 1. The van der Waals surface area contributed by atoms with Gasteiger partial charge >= 0.3 is 0 Å². The van der Waals surface area contributed by atoms with Crippen molar-refractivity contribution in [3.05, 3.63) is 30.1 Å². The van der Waals surface area contributed by atoms with Gasteiger partial charge in [-0.1, -0.05) is 13.0 Å². The Kier molecular flexibility index (Phi) is 3.74. The lowest BCUT2D eigenvalue weighted by atomic mass is 10.0. The van der Waals surface area contributed by atoms with Gasteiger partial charge in [0.05, 0.1) is 18.3 Å². The summed E-state index contributed by atoms with van der Waals surface area (Å²) < 4.78 is 0. The molecule has 2 heterocycles. The highest BCUT2D eigenvalue weighted by atomic mass is 16.2. The van der Waals surface area contributed by atoms with Gasteiger partial charge in [-0.15, -0.1) is 0 Å². The Morgan fingerprint density at radius 2 is 2.41 bits per heavy atom. The summed E-state index contributed by atoms with van der Waals surface area (Å²) in [4.78, 5) is 18.2. The lowest BCUT2D eigenvalue weighted by Crippen LogP contribution is -2.43. The van der Waals surface area contributed by atoms with E-state index >= 15 is 0 Å². The quantitative estimate of drug-likeness (QED) is 0.848. The van der Waals surface area contributed by atoms with Crippen molar-refractivity contribution in [3.63, 3.8) is 0 Å². The Morgan fingerprint density at radius 1 is 1.59 bits per heavy atom. The summed E-state index contributed by atoms with van der Waals surface area (Å²) in [5, 5.41) is 3.26. The van der Waals surface area contributed by atoms with Gasteiger partial charge in [0.2, 0.25) is 5.91 Å². The zero-order valence-corrected chi connectivity index (χ0v) is 10.4. The molecule has 0 spiro atoms. The monoisotopic (exact) mass is 233 g/mol. The van der Waals surface area contributed by atoms with E-state index in [9.17, 15) is 4.79 Å². The van der Waals surface area contributed by atoms with E-state index in [-0.39, 0.29) is 11.9 Å². The number of nitrogens with one attached hydrogen (secondary N) is 1. The molecule has 1 aliphatic rings. The maximum absolute atomic E-state index is 12.2. The number of aromatic nitrogens is 1. The van der Waals surface area contributed by atoms with Crippen LogP contribution in [0.25, 0.3) is 0 Å². The Hall–Kier alpha value is -1.42. The summed E-state index contributed by atoms with van der Waals surface area (Å²) in [6.07, 6.45) is 2.83. The predicted octanol–water partition coefficient (Wildman–Crippen LogP) is 1.04. The third-order valence-corrected chi connectivity index (χ3v) is 3.30. The van der Waals surface area contributed by atoms with Crippen LogP contribution in [0.5, 0.6) is 0 Å². The van der Waals surface area contributed by atoms with Gasteiger partial charge in [0.1, 0.15) is 0 Å². The highest BCUT2D eigenvalue weighted by Gasteiger charge is 2.31. The van der Waals surface area contributed by atoms with Crippen molar-refractivity contribution in [1.29, 1.82) is 0 Å². The fourth-order valence-corrected chi connectivity index (χ4v) is 2.22. The van der Waals surface area contributed by atoms with Crippen LogP contribution < -0.4 is 5.32 Å². The maximum Gasteiger partial charge on any atom is 0.240 e. The number of nitrogens with zero attached hydrogens (tertiary/aromatic N) is 2. The number of amides is 1. The van der Waals surface area contributed by atoms with E-state index in [2.05, 4.69) is 17.2 Å². The van der Waals surface area contributed by atoms with Gasteiger partial charge in [-0.2, -0.15) is 0 Å². The van der Waals surface area contributed by atoms with Crippen LogP contribution in [-0.2, 0) is 11.3 Å². The number of rotatable bonds is 3. The van der Waals surface area contributed by atoms with Gasteiger partial charge < -0.3 is 10.2 Å². The molecule has 2 rings (SSSR count). The number of hydrogen-bond donors (Lipinski definition) is 1. The van der Waals surface area contributed by atoms with Gasteiger partial charge in [0.15, 0.2) is 0 Å². The smallest absolute Gasteiger partial charge is 0.240 e. The molecule has 4 heteroatoms. The number of likely N-dealkylation sites (N-methyl/N-ethyl adjacent to an activating group) is 1. The molecule has 1 N–H and O–H groups in total. The second-order valence-corrected chi connectivity index (χ2v) is 4.71. The summed E-state index contributed by atoms with van der Waals surface area (Å²) >= 11 is 0. The molecule has 1 aliphatic heterocycles. The van der Waals surface area contributed by atoms with Crippen LogP contribution in [0.4, 0.5) is 0 Å². The molecule has 1 aromatic rings. The largest absolute Gasteiger partial charge is 0.338 e. The standard InChI is InChI=1S/C13H19N3O/c1-10-6-8-15-12(10)13(17)16(2)9-11-5-3-4-7-14-11/h3-5,7,10,12,15H,6,8-9H2,1-2H3. The highest BCUT2D eigenvalue weighted by molar-refractivity contribution is 5.82. The molecule has 0 saturated carbocycles. The van der Waals surface area contributed by atoms with E-state index < -0.39 is 0 Å². The SMILES string of the molecule is CC1CCNC1C(=O)N(C)Cc1ccccn1. The van der Waals surface area contributed by atoms with Crippen LogP contribution in [-0.4, -0.2) is 35.4 Å². The van der Waals surface area contributed by atoms with Gasteiger partial charge in [-0.25, -0.2) is 0 Å². The molecule has 0 aliphatic carbocycles.